The average Bonchev–Trinajstić information content (AvgIpc) is 2.44. The average molecular weight is 268 g/mol. The van der Waals surface area contributed by atoms with E-state index >= 15 is 0 Å². The van der Waals surface area contributed by atoms with E-state index in [1.165, 1.54) is 7.11 Å². The van der Waals surface area contributed by atoms with E-state index in [4.69, 9.17) is 19.9 Å². The number of carbonyl (C=O) groups is 1. The minimum Gasteiger partial charge on any atom is -0.497 e. The molecule has 0 saturated carbocycles. The molecule has 0 aliphatic carbocycles. The van der Waals surface area contributed by atoms with Crippen LogP contribution in [0.1, 0.15) is 6.42 Å². The van der Waals surface area contributed by atoms with Gasteiger partial charge in [-0.05, 0) is 18.6 Å². The van der Waals surface area contributed by atoms with Crippen molar-refractivity contribution in [3.8, 4) is 11.5 Å². The van der Waals surface area contributed by atoms with Gasteiger partial charge in [-0.1, -0.05) is 0 Å². The Labute approximate surface area is 112 Å². The Kier molecular flexibility index (Phi) is 6.11. The summed E-state index contributed by atoms with van der Waals surface area (Å²) in [5, 5.41) is 2.72. The third-order valence-electron chi connectivity index (χ3n) is 2.63. The molecule has 1 unspecified atom stereocenters. The molecule has 1 atom stereocenters. The van der Waals surface area contributed by atoms with Crippen molar-refractivity contribution >= 4 is 11.6 Å². The lowest BCUT2D eigenvalue weighted by molar-refractivity contribution is -0.117. The van der Waals surface area contributed by atoms with E-state index in [-0.39, 0.29) is 5.91 Å². The monoisotopic (exact) mass is 268 g/mol. The zero-order chi connectivity index (χ0) is 14.3. The molecule has 0 aliphatic heterocycles. The molecule has 0 heterocycles. The summed E-state index contributed by atoms with van der Waals surface area (Å²) < 4.78 is 15.2. The lowest BCUT2D eigenvalue weighted by atomic mass is 10.2. The highest BCUT2D eigenvalue weighted by atomic mass is 16.5. The highest BCUT2D eigenvalue weighted by Crippen LogP contribution is 2.28. The van der Waals surface area contributed by atoms with E-state index in [1.807, 2.05) is 0 Å². The number of methoxy groups -OCH3 is 3. The maximum absolute atomic E-state index is 11.9. The van der Waals surface area contributed by atoms with Crippen LogP contribution in [0.3, 0.4) is 0 Å². The molecule has 6 nitrogen and oxygen atoms in total. The number of benzene rings is 1. The first kappa shape index (κ1) is 15.3. The molecule has 6 heteroatoms. The van der Waals surface area contributed by atoms with Crippen LogP contribution < -0.4 is 20.5 Å². The summed E-state index contributed by atoms with van der Waals surface area (Å²) in [6.45, 7) is 0.434. The summed E-state index contributed by atoms with van der Waals surface area (Å²) in [6, 6.07) is 4.52. The third kappa shape index (κ3) is 4.42. The lowest BCUT2D eigenvalue weighted by Gasteiger charge is -2.15. The van der Waals surface area contributed by atoms with Gasteiger partial charge < -0.3 is 25.3 Å². The first-order valence-corrected chi connectivity index (χ1v) is 5.89. The van der Waals surface area contributed by atoms with Gasteiger partial charge in [0, 0.05) is 19.8 Å². The van der Waals surface area contributed by atoms with Crippen molar-refractivity contribution in [3.05, 3.63) is 18.2 Å². The first-order chi connectivity index (χ1) is 9.12. The fourth-order valence-corrected chi connectivity index (χ4v) is 1.51. The number of carbonyl (C=O) groups excluding carboxylic acids is 1. The predicted molar refractivity (Wildman–Crippen MR) is 72.6 cm³/mol. The molecule has 0 radical (unpaired) electrons. The van der Waals surface area contributed by atoms with Crippen LogP contribution in [0.5, 0.6) is 11.5 Å². The fourth-order valence-electron chi connectivity index (χ4n) is 1.51. The van der Waals surface area contributed by atoms with Crippen molar-refractivity contribution in [1.82, 2.24) is 0 Å². The zero-order valence-corrected chi connectivity index (χ0v) is 11.4. The van der Waals surface area contributed by atoms with Crippen LogP contribution in [0.25, 0.3) is 0 Å². The van der Waals surface area contributed by atoms with Crippen molar-refractivity contribution in [2.45, 2.75) is 12.5 Å². The summed E-state index contributed by atoms with van der Waals surface area (Å²) >= 11 is 0. The summed E-state index contributed by atoms with van der Waals surface area (Å²) in [7, 11) is 4.65. The quantitative estimate of drug-likeness (QED) is 0.771. The molecule has 1 aromatic rings. The van der Waals surface area contributed by atoms with Gasteiger partial charge >= 0.3 is 0 Å². The molecule has 106 valence electrons. The van der Waals surface area contributed by atoms with E-state index in [9.17, 15) is 4.79 Å². The predicted octanol–water partition coefficient (Wildman–Crippen LogP) is 1.01. The molecule has 0 fully saturated rings. The van der Waals surface area contributed by atoms with Crippen molar-refractivity contribution < 1.29 is 19.0 Å². The maximum Gasteiger partial charge on any atom is 0.241 e. The molecule has 0 aromatic heterocycles. The van der Waals surface area contributed by atoms with Gasteiger partial charge in [0.1, 0.15) is 11.5 Å². The topological polar surface area (TPSA) is 82.8 Å². The number of anilines is 1. The molecule has 1 aromatic carbocycles. The standard InChI is InChI=1S/C13H20N2O4/c1-17-7-6-10(14)13(16)15-11-8-9(18-2)4-5-12(11)19-3/h4-5,8,10H,6-7,14H2,1-3H3,(H,15,16). The number of hydrogen-bond donors (Lipinski definition) is 2. The second-order valence-electron chi connectivity index (χ2n) is 3.94. The van der Waals surface area contributed by atoms with E-state index in [0.29, 0.717) is 30.2 Å². The Morgan fingerprint density at radius 3 is 2.63 bits per heavy atom. The van der Waals surface area contributed by atoms with E-state index in [0.717, 1.165) is 0 Å². The van der Waals surface area contributed by atoms with Crippen molar-refractivity contribution in [1.29, 1.82) is 0 Å². The number of ether oxygens (including phenoxy) is 3. The van der Waals surface area contributed by atoms with Gasteiger partial charge in [0.25, 0.3) is 0 Å². The Bertz CT molecular complexity index is 423. The second kappa shape index (κ2) is 7.60. The summed E-state index contributed by atoms with van der Waals surface area (Å²) in [5.74, 6) is 0.887. The number of hydrogen-bond acceptors (Lipinski definition) is 5. The highest BCUT2D eigenvalue weighted by molar-refractivity contribution is 5.96. The van der Waals surface area contributed by atoms with Crippen LogP contribution in [0.2, 0.25) is 0 Å². The maximum atomic E-state index is 11.9. The Morgan fingerprint density at radius 2 is 2.05 bits per heavy atom. The number of rotatable bonds is 7. The molecule has 1 rings (SSSR count). The van der Waals surface area contributed by atoms with Crippen LogP contribution in [-0.4, -0.2) is 39.9 Å². The normalized spacial score (nSPS) is 11.8. The van der Waals surface area contributed by atoms with Gasteiger partial charge in [-0.25, -0.2) is 0 Å². The molecule has 1 amide bonds. The number of nitrogens with one attached hydrogen (secondary N) is 1. The van der Waals surface area contributed by atoms with Crippen LogP contribution in [0.4, 0.5) is 5.69 Å². The van der Waals surface area contributed by atoms with E-state index in [1.54, 1.807) is 32.4 Å². The molecule has 19 heavy (non-hydrogen) atoms. The van der Waals surface area contributed by atoms with E-state index in [2.05, 4.69) is 5.32 Å². The SMILES string of the molecule is COCCC(N)C(=O)Nc1cc(OC)ccc1OC. The molecule has 0 aliphatic rings. The Balaban J connectivity index is 2.76. The van der Waals surface area contributed by atoms with Gasteiger partial charge in [-0.3, -0.25) is 4.79 Å². The van der Waals surface area contributed by atoms with Gasteiger partial charge in [0.05, 0.1) is 25.9 Å². The Morgan fingerprint density at radius 1 is 1.32 bits per heavy atom. The van der Waals surface area contributed by atoms with Crippen molar-refractivity contribution in [2.75, 3.05) is 33.3 Å². The van der Waals surface area contributed by atoms with Gasteiger partial charge in [-0.15, -0.1) is 0 Å². The smallest absolute Gasteiger partial charge is 0.241 e. The minimum atomic E-state index is -0.629. The fraction of sp³-hybridized carbons (Fsp3) is 0.462. The molecule has 0 spiro atoms. The van der Waals surface area contributed by atoms with E-state index < -0.39 is 6.04 Å². The van der Waals surface area contributed by atoms with Crippen LogP contribution >= 0.6 is 0 Å². The Hall–Kier alpha value is -1.79. The summed E-state index contributed by atoms with van der Waals surface area (Å²) in [6.07, 6.45) is 0.453. The van der Waals surface area contributed by atoms with Crippen molar-refractivity contribution in [3.63, 3.8) is 0 Å². The molecule has 0 bridgehead atoms. The molecule has 3 N–H and O–H groups in total. The van der Waals surface area contributed by atoms with Crippen molar-refractivity contribution in [2.24, 2.45) is 5.73 Å². The van der Waals surface area contributed by atoms with Crippen LogP contribution in [0.15, 0.2) is 18.2 Å². The minimum absolute atomic E-state index is 0.288. The molecular weight excluding hydrogens is 248 g/mol. The van der Waals surface area contributed by atoms with Crippen LogP contribution in [0, 0.1) is 0 Å². The second-order valence-corrected chi connectivity index (χ2v) is 3.94. The molecule has 0 saturated heterocycles. The highest BCUT2D eigenvalue weighted by Gasteiger charge is 2.15. The lowest BCUT2D eigenvalue weighted by Crippen LogP contribution is -2.36. The third-order valence-corrected chi connectivity index (χ3v) is 2.63. The summed E-state index contributed by atoms with van der Waals surface area (Å²) in [4.78, 5) is 11.9. The first-order valence-electron chi connectivity index (χ1n) is 5.89. The van der Waals surface area contributed by atoms with Gasteiger partial charge in [0.2, 0.25) is 5.91 Å². The van der Waals surface area contributed by atoms with Gasteiger partial charge in [-0.2, -0.15) is 0 Å². The number of amides is 1. The van der Waals surface area contributed by atoms with Crippen LogP contribution in [-0.2, 0) is 9.53 Å². The molecular formula is C13H20N2O4. The zero-order valence-electron chi connectivity index (χ0n) is 11.4. The summed E-state index contributed by atoms with van der Waals surface area (Å²) in [5.41, 5.74) is 6.28. The number of nitrogens with two attached hydrogens (primary N) is 1. The largest absolute Gasteiger partial charge is 0.497 e. The van der Waals surface area contributed by atoms with Gasteiger partial charge in [0.15, 0.2) is 0 Å².